The molecule has 0 aliphatic carbocycles. The molecule has 0 radical (unpaired) electrons. The van der Waals surface area contributed by atoms with Gasteiger partial charge in [-0.3, -0.25) is 10.1 Å². The molecule has 5 rings (SSSR count). The Morgan fingerprint density at radius 3 is 2.45 bits per heavy atom. The zero-order chi connectivity index (χ0) is 22.1. The molecule has 6 nitrogen and oxygen atoms in total. The summed E-state index contributed by atoms with van der Waals surface area (Å²) in [5.74, 6) is -0.758. The molecule has 0 saturated heterocycles. The van der Waals surface area contributed by atoms with Crippen molar-refractivity contribution in [2.45, 2.75) is 6.04 Å². The minimum Gasteiger partial charge on any atom is -0.324 e. The Labute approximate surface area is 200 Å². The summed E-state index contributed by atoms with van der Waals surface area (Å²) < 4.78 is 15.6. The molecular weight excluding hydrogens is 464 g/mol. The molecule has 1 aliphatic rings. The quantitative estimate of drug-likeness (QED) is 0.386. The van der Waals surface area contributed by atoms with Gasteiger partial charge in [-0.15, -0.1) is 17.5 Å². The van der Waals surface area contributed by atoms with Crippen molar-refractivity contribution < 1.29 is 9.18 Å². The number of benzene rings is 3. The molecule has 1 aromatic heterocycles. The lowest BCUT2D eigenvalue weighted by Crippen LogP contribution is -2.20. The zero-order valence-electron chi connectivity index (χ0n) is 17.1. The number of rotatable bonds is 4. The summed E-state index contributed by atoms with van der Waals surface area (Å²) in [7, 11) is 0. The van der Waals surface area contributed by atoms with Crippen LogP contribution in [0.4, 0.5) is 16.3 Å². The lowest BCUT2D eigenvalue weighted by atomic mass is 10.0. The summed E-state index contributed by atoms with van der Waals surface area (Å²) in [6.45, 7) is 0. The molecule has 0 saturated carbocycles. The Hall–Kier alpha value is -3.68. The van der Waals surface area contributed by atoms with E-state index in [0.717, 1.165) is 16.8 Å². The van der Waals surface area contributed by atoms with E-state index >= 15 is 0 Å². The number of fused-ring (bicyclic) bond motifs is 1. The normalized spacial score (nSPS) is 14.4. The first-order valence-corrected chi connectivity index (χ1v) is 10.3. The van der Waals surface area contributed by atoms with Gasteiger partial charge in [-0.2, -0.15) is 4.98 Å². The molecule has 166 valence electrons. The average molecular weight is 482 g/mol. The van der Waals surface area contributed by atoms with Gasteiger partial charge in [0.2, 0.25) is 5.95 Å². The highest BCUT2D eigenvalue weighted by atomic mass is 35.5. The second-order valence-electron chi connectivity index (χ2n) is 7.18. The predicted octanol–water partition coefficient (Wildman–Crippen LogP) is 5.80. The van der Waals surface area contributed by atoms with Crippen molar-refractivity contribution in [1.29, 1.82) is 0 Å². The summed E-state index contributed by atoms with van der Waals surface area (Å²) >= 11 is 6.48. The smallest absolute Gasteiger partial charge is 0.261 e. The Bertz CT molecular complexity index is 1340. The number of anilines is 2. The molecule has 1 atom stereocenters. The van der Waals surface area contributed by atoms with Crippen LogP contribution in [0.15, 0.2) is 84.9 Å². The summed E-state index contributed by atoms with van der Waals surface area (Å²) in [6, 6.07) is 22.7. The van der Waals surface area contributed by atoms with E-state index in [4.69, 9.17) is 11.6 Å². The molecule has 1 unspecified atom stereocenters. The number of hydrogen-bond donors (Lipinski definition) is 2. The second kappa shape index (κ2) is 9.44. The van der Waals surface area contributed by atoms with Crippen LogP contribution in [0, 0.1) is 5.82 Å². The molecule has 1 aliphatic heterocycles. The predicted molar refractivity (Wildman–Crippen MR) is 129 cm³/mol. The number of amides is 1. The Morgan fingerprint density at radius 2 is 1.70 bits per heavy atom. The minimum atomic E-state index is -0.628. The van der Waals surface area contributed by atoms with Gasteiger partial charge in [0.15, 0.2) is 0 Å². The maximum Gasteiger partial charge on any atom is 0.261 e. The molecule has 0 fully saturated rings. The van der Waals surface area contributed by atoms with E-state index in [1.807, 2.05) is 60.7 Å². The molecule has 33 heavy (non-hydrogen) atoms. The molecule has 9 heteroatoms. The van der Waals surface area contributed by atoms with Crippen molar-refractivity contribution in [2.24, 2.45) is 0 Å². The third-order valence-electron chi connectivity index (χ3n) is 5.12. The molecule has 2 N–H and O–H groups in total. The molecule has 0 spiro atoms. The van der Waals surface area contributed by atoms with E-state index in [-0.39, 0.29) is 30.0 Å². The van der Waals surface area contributed by atoms with Gasteiger partial charge in [-0.1, -0.05) is 72.3 Å². The maximum absolute atomic E-state index is 14.0. The molecule has 0 bridgehead atoms. The van der Waals surface area contributed by atoms with Crippen LogP contribution in [0.25, 0.3) is 5.70 Å². The van der Waals surface area contributed by atoms with E-state index < -0.39 is 11.7 Å². The van der Waals surface area contributed by atoms with Crippen LogP contribution in [-0.4, -0.2) is 20.7 Å². The van der Waals surface area contributed by atoms with Gasteiger partial charge >= 0.3 is 0 Å². The van der Waals surface area contributed by atoms with Crippen molar-refractivity contribution in [3.8, 4) is 0 Å². The fourth-order valence-electron chi connectivity index (χ4n) is 3.58. The van der Waals surface area contributed by atoms with Gasteiger partial charge in [0, 0.05) is 10.7 Å². The third kappa shape index (κ3) is 4.46. The van der Waals surface area contributed by atoms with Crippen molar-refractivity contribution in [1.82, 2.24) is 14.8 Å². The van der Waals surface area contributed by atoms with Crippen LogP contribution in [-0.2, 0) is 0 Å². The van der Waals surface area contributed by atoms with E-state index in [0.29, 0.717) is 11.0 Å². The molecule has 4 aromatic rings. The van der Waals surface area contributed by atoms with Crippen LogP contribution >= 0.6 is 24.0 Å². The first kappa shape index (κ1) is 22.5. The second-order valence-corrected chi connectivity index (χ2v) is 7.58. The Morgan fingerprint density at radius 1 is 1.00 bits per heavy atom. The molecule has 3 aromatic carbocycles. The summed E-state index contributed by atoms with van der Waals surface area (Å²) in [6.07, 6.45) is 2.00. The number of nitrogens with zero attached hydrogens (tertiary/aromatic N) is 3. The first-order valence-electron chi connectivity index (χ1n) is 9.91. The zero-order valence-corrected chi connectivity index (χ0v) is 18.6. The number of aromatic nitrogens is 3. The van der Waals surface area contributed by atoms with Gasteiger partial charge in [0.25, 0.3) is 11.9 Å². The highest BCUT2D eigenvalue weighted by molar-refractivity contribution is 6.31. The number of allylic oxidation sites excluding steroid dienone is 1. The number of carbonyl (C=O) groups is 1. The lowest BCUT2D eigenvalue weighted by molar-refractivity contribution is 0.102. The van der Waals surface area contributed by atoms with Crippen LogP contribution in [0.2, 0.25) is 5.02 Å². The Kier molecular flexibility index (Phi) is 6.44. The third-order valence-corrected chi connectivity index (χ3v) is 5.46. The lowest BCUT2D eigenvalue weighted by Gasteiger charge is -2.24. The van der Waals surface area contributed by atoms with Crippen molar-refractivity contribution >= 4 is 47.5 Å². The topological polar surface area (TPSA) is 71.8 Å². The van der Waals surface area contributed by atoms with Crippen molar-refractivity contribution in [2.75, 3.05) is 10.6 Å². The highest BCUT2D eigenvalue weighted by Gasteiger charge is 2.27. The van der Waals surface area contributed by atoms with Gasteiger partial charge < -0.3 is 5.32 Å². The van der Waals surface area contributed by atoms with E-state index in [1.165, 1.54) is 18.2 Å². The average Bonchev–Trinajstić information content (AvgIpc) is 3.22. The van der Waals surface area contributed by atoms with Crippen LogP contribution < -0.4 is 10.6 Å². The fraction of sp³-hybridized carbons (Fsp3) is 0.0417. The van der Waals surface area contributed by atoms with Gasteiger partial charge in [-0.05, 0) is 35.4 Å². The van der Waals surface area contributed by atoms with Crippen molar-refractivity contribution in [3.05, 3.63) is 112 Å². The number of halogens is 3. The number of nitrogens with one attached hydrogen (secondary N) is 2. The number of hydrogen-bond acceptors (Lipinski definition) is 4. The molecule has 2 heterocycles. The number of carbonyl (C=O) groups excluding carboxylic acids is 1. The maximum atomic E-state index is 14.0. The van der Waals surface area contributed by atoms with Gasteiger partial charge in [0.05, 0.1) is 5.56 Å². The minimum absolute atomic E-state index is 0. The molecular formula is C24H18Cl2FN5O. The monoisotopic (exact) mass is 481 g/mol. The van der Waals surface area contributed by atoms with E-state index in [2.05, 4.69) is 20.7 Å². The highest BCUT2D eigenvalue weighted by Crippen LogP contribution is 2.35. The SMILES string of the molecule is Cl.O=C(Nc1nc2n(n1)C(c1ccccc1Cl)C=C(c1ccccc1)N2)c1ccccc1F. The van der Waals surface area contributed by atoms with Crippen molar-refractivity contribution in [3.63, 3.8) is 0 Å². The summed E-state index contributed by atoms with van der Waals surface area (Å²) in [5.41, 5.74) is 2.55. The van der Waals surface area contributed by atoms with Gasteiger partial charge in [-0.25, -0.2) is 9.07 Å². The van der Waals surface area contributed by atoms with Crippen LogP contribution in [0.5, 0.6) is 0 Å². The van der Waals surface area contributed by atoms with E-state index in [1.54, 1.807) is 10.7 Å². The van der Waals surface area contributed by atoms with Gasteiger partial charge in [0.1, 0.15) is 11.9 Å². The standard InChI is InChI=1S/C24H17ClFN5O.ClH/c25-18-12-6-4-10-16(18)21-14-20(15-8-2-1-3-9-15)27-24-29-23(30-31(21)24)28-22(32)17-11-5-7-13-19(17)26;/h1-14,21H,(H2,27,28,29,30,32);1H. The largest absolute Gasteiger partial charge is 0.324 e. The van der Waals surface area contributed by atoms with E-state index in [9.17, 15) is 9.18 Å². The Balaban J connectivity index is 0.00000259. The summed E-state index contributed by atoms with van der Waals surface area (Å²) in [4.78, 5) is 17.0. The van der Waals surface area contributed by atoms with Crippen LogP contribution in [0.3, 0.4) is 0 Å². The molecule has 1 amide bonds. The summed E-state index contributed by atoms with van der Waals surface area (Å²) in [5, 5.41) is 10.9. The first-order chi connectivity index (χ1) is 15.6. The van der Waals surface area contributed by atoms with Crippen LogP contribution in [0.1, 0.15) is 27.5 Å². The fourth-order valence-corrected chi connectivity index (χ4v) is 3.83.